The Morgan fingerprint density at radius 3 is 1.21 bits per heavy atom. The zero-order valence-electron chi connectivity index (χ0n) is 20.3. The average Bonchev–Trinajstić information content (AvgIpc) is 2.76. The van der Waals surface area contributed by atoms with E-state index in [4.69, 9.17) is 18.9 Å². The SMILES string of the molecule is CC(=O)CCOCCOCCNC(=O)CCCCCC(=O)NCCOCCOCCC(C)=O. The lowest BCUT2D eigenvalue weighted by Gasteiger charge is -2.08. The van der Waals surface area contributed by atoms with Crippen LogP contribution in [0.2, 0.25) is 0 Å². The molecular formula is C23H42N2O8. The summed E-state index contributed by atoms with van der Waals surface area (Å²) in [7, 11) is 0. The maximum absolute atomic E-state index is 11.8. The molecule has 0 aliphatic rings. The van der Waals surface area contributed by atoms with Gasteiger partial charge in [0.25, 0.3) is 0 Å². The quantitative estimate of drug-likeness (QED) is 0.200. The van der Waals surface area contributed by atoms with Crippen molar-refractivity contribution >= 4 is 23.4 Å². The second-order valence-corrected chi connectivity index (χ2v) is 7.61. The number of rotatable bonds is 24. The van der Waals surface area contributed by atoms with Crippen LogP contribution < -0.4 is 10.6 Å². The van der Waals surface area contributed by atoms with Crippen LogP contribution in [0.25, 0.3) is 0 Å². The van der Waals surface area contributed by atoms with Crippen LogP contribution >= 0.6 is 0 Å². The van der Waals surface area contributed by atoms with E-state index in [0.29, 0.717) is 91.6 Å². The summed E-state index contributed by atoms with van der Waals surface area (Å²) in [5, 5.41) is 5.59. The van der Waals surface area contributed by atoms with Crippen molar-refractivity contribution in [1.29, 1.82) is 0 Å². The fourth-order valence-electron chi connectivity index (χ4n) is 2.53. The molecule has 0 spiro atoms. The highest BCUT2D eigenvalue weighted by atomic mass is 16.5. The molecule has 0 aromatic heterocycles. The van der Waals surface area contributed by atoms with Crippen molar-refractivity contribution in [2.75, 3.05) is 65.9 Å². The third-order valence-corrected chi connectivity index (χ3v) is 4.39. The van der Waals surface area contributed by atoms with Crippen LogP contribution in [-0.4, -0.2) is 89.3 Å². The van der Waals surface area contributed by atoms with E-state index in [1.54, 1.807) is 0 Å². The standard InChI is InChI=1S/C23H42N2O8/c1-20(26)8-12-30-16-18-32-14-10-24-22(28)6-4-3-5-7-23(29)25-11-15-33-19-17-31-13-9-21(2)27/h3-19H2,1-2H3,(H,24,28)(H,25,29). The molecule has 0 rings (SSSR count). The van der Waals surface area contributed by atoms with Gasteiger partial charge in [0.15, 0.2) is 0 Å². The Morgan fingerprint density at radius 2 is 0.848 bits per heavy atom. The fourth-order valence-corrected chi connectivity index (χ4v) is 2.53. The highest BCUT2D eigenvalue weighted by Gasteiger charge is 2.03. The molecule has 0 aliphatic carbocycles. The molecule has 0 heterocycles. The van der Waals surface area contributed by atoms with Crippen LogP contribution in [-0.2, 0) is 38.1 Å². The number of ether oxygens (including phenoxy) is 4. The van der Waals surface area contributed by atoms with Crippen LogP contribution in [0.3, 0.4) is 0 Å². The monoisotopic (exact) mass is 474 g/mol. The topological polar surface area (TPSA) is 129 Å². The molecule has 0 atom stereocenters. The van der Waals surface area contributed by atoms with Crippen molar-refractivity contribution in [2.45, 2.75) is 58.8 Å². The number of carbonyl (C=O) groups excluding carboxylic acids is 4. The Balaban J connectivity index is 3.32. The number of amides is 2. The first-order valence-corrected chi connectivity index (χ1v) is 11.7. The van der Waals surface area contributed by atoms with Crippen molar-refractivity contribution in [3.05, 3.63) is 0 Å². The minimum Gasteiger partial charge on any atom is -0.379 e. The summed E-state index contributed by atoms with van der Waals surface area (Å²) in [6.45, 7) is 7.31. The number of ketones is 2. The van der Waals surface area contributed by atoms with Gasteiger partial charge in [0.05, 0.1) is 52.9 Å². The van der Waals surface area contributed by atoms with Gasteiger partial charge >= 0.3 is 0 Å². The molecule has 0 saturated carbocycles. The van der Waals surface area contributed by atoms with Gasteiger partial charge in [0.1, 0.15) is 11.6 Å². The molecule has 0 unspecified atom stereocenters. The molecule has 192 valence electrons. The van der Waals surface area contributed by atoms with Gasteiger partial charge in [0, 0.05) is 38.8 Å². The number of unbranched alkanes of at least 4 members (excludes halogenated alkanes) is 2. The highest BCUT2D eigenvalue weighted by molar-refractivity contribution is 5.76. The van der Waals surface area contributed by atoms with E-state index in [0.717, 1.165) is 19.3 Å². The maximum atomic E-state index is 11.8. The van der Waals surface area contributed by atoms with Crippen molar-refractivity contribution in [1.82, 2.24) is 10.6 Å². The highest BCUT2D eigenvalue weighted by Crippen LogP contribution is 2.03. The molecule has 0 fully saturated rings. The van der Waals surface area contributed by atoms with Gasteiger partial charge in [-0.2, -0.15) is 0 Å². The molecule has 0 saturated heterocycles. The first-order chi connectivity index (χ1) is 15.9. The molecule has 0 radical (unpaired) electrons. The third kappa shape index (κ3) is 26.3. The first-order valence-electron chi connectivity index (χ1n) is 11.7. The number of nitrogens with one attached hydrogen (secondary N) is 2. The normalized spacial score (nSPS) is 10.7. The van der Waals surface area contributed by atoms with Crippen molar-refractivity contribution in [3.63, 3.8) is 0 Å². The minimum absolute atomic E-state index is 0.0248. The van der Waals surface area contributed by atoms with Crippen LogP contribution in [0.15, 0.2) is 0 Å². The smallest absolute Gasteiger partial charge is 0.220 e. The Kier molecular flexibility index (Phi) is 22.0. The molecule has 0 aliphatic heterocycles. The number of hydrogen-bond acceptors (Lipinski definition) is 8. The summed E-state index contributed by atoms with van der Waals surface area (Å²) < 4.78 is 21.2. The number of Topliss-reactive ketones (excluding diaryl/α,β-unsaturated/α-hetero) is 2. The molecule has 10 nitrogen and oxygen atoms in total. The Labute approximate surface area is 197 Å². The predicted molar refractivity (Wildman–Crippen MR) is 123 cm³/mol. The van der Waals surface area contributed by atoms with E-state index in [1.165, 1.54) is 13.8 Å². The first kappa shape index (κ1) is 31.1. The van der Waals surface area contributed by atoms with Gasteiger partial charge in [0.2, 0.25) is 11.8 Å². The van der Waals surface area contributed by atoms with E-state index in [9.17, 15) is 19.2 Å². The molecule has 2 amide bonds. The van der Waals surface area contributed by atoms with E-state index in [2.05, 4.69) is 10.6 Å². The van der Waals surface area contributed by atoms with Gasteiger partial charge in [-0.05, 0) is 26.7 Å². The summed E-state index contributed by atoms with van der Waals surface area (Å²) >= 11 is 0. The lowest BCUT2D eigenvalue weighted by atomic mass is 10.1. The summed E-state index contributed by atoms with van der Waals surface area (Å²) in [5.41, 5.74) is 0. The zero-order chi connectivity index (χ0) is 24.6. The summed E-state index contributed by atoms with van der Waals surface area (Å²) in [6, 6.07) is 0. The average molecular weight is 475 g/mol. The van der Waals surface area contributed by atoms with E-state index in [1.807, 2.05) is 0 Å². The summed E-state index contributed by atoms with van der Waals surface area (Å²) in [4.78, 5) is 45.0. The van der Waals surface area contributed by atoms with Crippen LogP contribution in [0, 0.1) is 0 Å². The second kappa shape index (κ2) is 23.3. The number of hydrogen-bond donors (Lipinski definition) is 2. The zero-order valence-corrected chi connectivity index (χ0v) is 20.3. The molecule has 2 N–H and O–H groups in total. The fraction of sp³-hybridized carbons (Fsp3) is 0.826. The molecule has 0 aromatic rings. The van der Waals surface area contributed by atoms with Crippen LogP contribution in [0.1, 0.15) is 58.8 Å². The Bertz CT molecular complexity index is 497. The van der Waals surface area contributed by atoms with Gasteiger partial charge < -0.3 is 29.6 Å². The van der Waals surface area contributed by atoms with Gasteiger partial charge in [-0.25, -0.2) is 0 Å². The van der Waals surface area contributed by atoms with Crippen molar-refractivity contribution in [3.8, 4) is 0 Å². The molecule has 0 aromatic carbocycles. The third-order valence-electron chi connectivity index (χ3n) is 4.39. The predicted octanol–water partition coefficient (Wildman–Crippen LogP) is 1.19. The lowest BCUT2D eigenvalue weighted by molar-refractivity contribution is -0.121. The van der Waals surface area contributed by atoms with Crippen molar-refractivity contribution < 1.29 is 38.1 Å². The molecule has 0 bridgehead atoms. The molecule has 33 heavy (non-hydrogen) atoms. The van der Waals surface area contributed by atoms with Gasteiger partial charge in [-0.1, -0.05) is 6.42 Å². The van der Waals surface area contributed by atoms with Crippen molar-refractivity contribution in [2.24, 2.45) is 0 Å². The van der Waals surface area contributed by atoms with Crippen LogP contribution in [0.4, 0.5) is 0 Å². The summed E-state index contributed by atoms with van der Waals surface area (Å²) in [5.74, 6) is 0.154. The number of carbonyl (C=O) groups is 4. The molecular weight excluding hydrogens is 432 g/mol. The lowest BCUT2D eigenvalue weighted by Crippen LogP contribution is -2.28. The van der Waals surface area contributed by atoms with Crippen LogP contribution in [0.5, 0.6) is 0 Å². The van der Waals surface area contributed by atoms with E-state index >= 15 is 0 Å². The largest absolute Gasteiger partial charge is 0.379 e. The van der Waals surface area contributed by atoms with E-state index in [-0.39, 0.29) is 23.4 Å². The van der Waals surface area contributed by atoms with E-state index < -0.39 is 0 Å². The second-order valence-electron chi connectivity index (χ2n) is 7.61. The summed E-state index contributed by atoms with van der Waals surface area (Å²) in [6.07, 6.45) is 3.96. The Morgan fingerprint density at radius 1 is 0.485 bits per heavy atom. The minimum atomic E-state index is -0.0248. The van der Waals surface area contributed by atoms with Gasteiger partial charge in [-0.15, -0.1) is 0 Å². The molecule has 10 heteroatoms. The van der Waals surface area contributed by atoms with Gasteiger partial charge in [-0.3, -0.25) is 19.2 Å². The maximum Gasteiger partial charge on any atom is 0.220 e. The Hall–Kier alpha value is -1.88.